The molecule has 1 heterocycles. The molecule has 1 aromatic rings. The molecule has 1 aliphatic carbocycles. The van der Waals surface area contributed by atoms with Crippen molar-refractivity contribution in [1.82, 2.24) is 0 Å². The van der Waals surface area contributed by atoms with Gasteiger partial charge in [-0.25, -0.2) is 4.39 Å². The number of hydrogen-bond donors (Lipinski definition) is 1. The minimum absolute atomic E-state index is 0.123. The fourth-order valence-electron chi connectivity index (χ4n) is 2.59. The van der Waals surface area contributed by atoms with Crippen LogP contribution in [-0.4, -0.2) is 17.9 Å². The smallest absolute Gasteiger partial charge is 0.314 e. The van der Waals surface area contributed by atoms with Crippen LogP contribution in [0.5, 0.6) is 5.75 Å². The molecule has 18 heavy (non-hydrogen) atoms. The first kappa shape index (κ1) is 11.5. The average molecular weight is 252 g/mol. The monoisotopic (exact) mass is 252 g/mol. The quantitative estimate of drug-likeness (QED) is 0.876. The number of carboxylic acids is 1. The van der Waals surface area contributed by atoms with E-state index in [0.29, 0.717) is 30.8 Å². The zero-order valence-corrected chi connectivity index (χ0v) is 9.74. The molecule has 3 rings (SSSR count). The molecule has 0 saturated heterocycles. The molecule has 1 N–H and O–H groups in total. The van der Waals surface area contributed by atoms with Crippen molar-refractivity contribution in [3.63, 3.8) is 0 Å². The van der Waals surface area contributed by atoms with E-state index in [-0.39, 0.29) is 12.4 Å². The van der Waals surface area contributed by atoms with Gasteiger partial charge < -0.3 is 14.6 Å². The molecule has 96 valence electrons. The van der Waals surface area contributed by atoms with Crippen molar-refractivity contribution in [2.24, 2.45) is 0 Å². The van der Waals surface area contributed by atoms with E-state index in [0.717, 1.165) is 6.42 Å². The maximum atomic E-state index is 14.1. The lowest BCUT2D eigenvalue weighted by Crippen LogP contribution is -2.43. The van der Waals surface area contributed by atoms with Crippen molar-refractivity contribution in [2.45, 2.75) is 31.3 Å². The van der Waals surface area contributed by atoms with Gasteiger partial charge in [0.25, 0.3) is 0 Å². The Morgan fingerprint density at radius 2 is 2.17 bits per heavy atom. The molecule has 0 spiro atoms. The predicted octanol–water partition coefficient (Wildman–Crippen LogP) is 2.20. The molecule has 0 amide bonds. The van der Waals surface area contributed by atoms with Gasteiger partial charge in [0.1, 0.15) is 11.6 Å². The topological polar surface area (TPSA) is 55.8 Å². The van der Waals surface area contributed by atoms with Crippen LogP contribution in [0.15, 0.2) is 12.1 Å². The molecular weight excluding hydrogens is 239 g/mol. The molecule has 0 bridgehead atoms. The van der Waals surface area contributed by atoms with Gasteiger partial charge in [-0.2, -0.15) is 0 Å². The lowest BCUT2D eigenvalue weighted by Gasteiger charge is -2.38. The summed E-state index contributed by atoms with van der Waals surface area (Å²) in [4.78, 5) is 11.4. The number of aliphatic carboxylic acids is 1. The zero-order chi connectivity index (χ0) is 12.8. The third-order valence-electron chi connectivity index (χ3n) is 3.84. The van der Waals surface area contributed by atoms with E-state index in [9.17, 15) is 14.3 Å². The highest BCUT2D eigenvalue weighted by Crippen LogP contribution is 2.46. The fourth-order valence-corrected chi connectivity index (χ4v) is 2.59. The number of carboxylic acid groups (broad SMARTS) is 1. The molecule has 0 radical (unpaired) electrons. The number of fused-ring (bicyclic) bond motifs is 1. The first-order chi connectivity index (χ1) is 8.63. The number of benzene rings is 1. The SMILES string of the molecule is O=C(O)C1(c2cc3c(cc2F)COCO3)CCC1. The van der Waals surface area contributed by atoms with Gasteiger partial charge >= 0.3 is 5.97 Å². The second-order valence-electron chi connectivity index (χ2n) is 4.79. The van der Waals surface area contributed by atoms with Crippen molar-refractivity contribution < 1.29 is 23.8 Å². The molecule has 2 aliphatic rings. The lowest BCUT2D eigenvalue weighted by atomic mass is 9.64. The molecule has 5 heteroatoms. The van der Waals surface area contributed by atoms with Gasteiger partial charge in [0.05, 0.1) is 12.0 Å². The number of rotatable bonds is 2. The summed E-state index contributed by atoms with van der Waals surface area (Å²) in [6, 6.07) is 2.85. The van der Waals surface area contributed by atoms with Crippen molar-refractivity contribution in [1.29, 1.82) is 0 Å². The second-order valence-corrected chi connectivity index (χ2v) is 4.79. The Bertz CT molecular complexity index is 508. The van der Waals surface area contributed by atoms with Gasteiger partial charge in [0.2, 0.25) is 0 Å². The highest BCUT2D eigenvalue weighted by Gasteiger charge is 2.48. The highest BCUT2D eigenvalue weighted by molar-refractivity contribution is 5.83. The number of ether oxygens (including phenoxy) is 2. The standard InChI is InChI=1S/C13H13FO4/c14-10-4-8-6-17-7-18-11(8)5-9(10)13(12(15)16)2-1-3-13/h4-5H,1-3,6-7H2,(H,15,16). The van der Waals surface area contributed by atoms with E-state index in [2.05, 4.69) is 0 Å². The predicted molar refractivity (Wildman–Crippen MR) is 59.8 cm³/mol. The number of hydrogen-bond acceptors (Lipinski definition) is 3. The van der Waals surface area contributed by atoms with Gasteiger partial charge in [-0.05, 0) is 25.0 Å². The minimum atomic E-state index is -1.07. The average Bonchev–Trinajstić information content (AvgIpc) is 2.27. The van der Waals surface area contributed by atoms with Crippen LogP contribution in [0, 0.1) is 5.82 Å². The Labute approximate surface area is 103 Å². The van der Waals surface area contributed by atoms with Gasteiger partial charge in [-0.15, -0.1) is 0 Å². The first-order valence-electron chi connectivity index (χ1n) is 5.90. The maximum Gasteiger partial charge on any atom is 0.314 e. The summed E-state index contributed by atoms with van der Waals surface area (Å²) in [5.41, 5.74) is -0.204. The minimum Gasteiger partial charge on any atom is -0.481 e. The van der Waals surface area contributed by atoms with E-state index in [1.165, 1.54) is 12.1 Å². The molecule has 1 aromatic carbocycles. The van der Waals surface area contributed by atoms with Crippen LogP contribution in [0.25, 0.3) is 0 Å². The largest absolute Gasteiger partial charge is 0.481 e. The van der Waals surface area contributed by atoms with Gasteiger partial charge in [-0.1, -0.05) is 6.42 Å². The summed E-state index contributed by atoms with van der Waals surface area (Å²) in [6.07, 6.45) is 1.77. The Balaban J connectivity index is 2.09. The van der Waals surface area contributed by atoms with E-state index in [4.69, 9.17) is 9.47 Å². The second kappa shape index (κ2) is 3.95. The van der Waals surface area contributed by atoms with Crippen LogP contribution in [-0.2, 0) is 21.6 Å². The van der Waals surface area contributed by atoms with Gasteiger partial charge in [0, 0.05) is 11.1 Å². The third-order valence-corrected chi connectivity index (χ3v) is 3.84. The third kappa shape index (κ3) is 1.50. The first-order valence-corrected chi connectivity index (χ1v) is 5.90. The normalized spacial score (nSPS) is 20.5. The van der Waals surface area contributed by atoms with Crippen LogP contribution in [0.2, 0.25) is 0 Å². The van der Waals surface area contributed by atoms with Crippen molar-refractivity contribution in [2.75, 3.05) is 6.79 Å². The molecule has 0 aromatic heterocycles. The molecular formula is C13H13FO4. The van der Waals surface area contributed by atoms with E-state index >= 15 is 0 Å². The zero-order valence-electron chi connectivity index (χ0n) is 9.74. The highest BCUT2D eigenvalue weighted by atomic mass is 19.1. The van der Waals surface area contributed by atoms with Crippen LogP contribution >= 0.6 is 0 Å². The molecule has 0 atom stereocenters. The molecule has 1 fully saturated rings. The summed E-state index contributed by atoms with van der Waals surface area (Å²) in [5, 5.41) is 9.33. The summed E-state index contributed by atoms with van der Waals surface area (Å²) in [7, 11) is 0. The van der Waals surface area contributed by atoms with Crippen molar-refractivity contribution in [3.05, 3.63) is 29.1 Å². The van der Waals surface area contributed by atoms with Crippen LogP contribution in [0.4, 0.5) is 4.39 Å². The summed E-state index contributed by atoms with van der Waals surface area (Å²) < 4.78 is 24.4. The van der Waals surface area contributed by atoms with Crippen LogP contribution in [0.3, 0.4) is 0 Å². The van der Waals surface area contributed by atoms with Crippen LogP contribution in [0.1, 0.15) is 30.4 Å². The lowest BCUT2D eigenvalue weighted by molar-refractivity contribution is -0.147. The summed E-state index contributed by atoms with van der Waals surface area (Å²) >= 11 is 0. The number of carbonyl (C=O) groups is 1. The Morgan fingerprint density at radius 1 is 1.39 bits per heavy atom. The maximum absolute atomic E-state index is 14.1. The Hall–Kier alpha value is -1.62. The van der Waals surface area contributed by atoms with Gasteiger partial charge in [0.15, 0.2) is 6.79 Å². The van der Waals surface area contributed by atoms with E-state index in [1.807, 2.05) is 0 Å². The molecule has 0 unspecified atom stereocenters. The van der Waals surface area contributed by atoms with Crippen molar-refractivity contribution in [3.8, 4) is 5.75 Å². The fraction of sp³-hybridized carbons (Fsp3) is 0.462. The number of halogens is 1. The molecule has 1 saturated carbocycles. The molecule has 4 nitrogen and oxygen atoms in total. The molecule has 1 aliphatic heterocycles. The summed E-state index contributed by atoms with van der Waals surface area (Å²) in [6.45, 7) is 0.421. The Morgan fingerprint density at radius 3 is 2.78 bits per heavy atom. The van der Waals surface area contributed by atoms with Gasteiger partial charge in [-0.3, -0.25) is 4.79 Å². The van der Waals surface area contributed by atoms with Crippen molar-refractivity contribution >= 4 is 5.97 Å². The van der Waals surface area contributed by atoms with E-state index < -0.39 is 17.2 Å². The van der Waals surface area contributed by atoms with Crippen LogP contribution < -0.4 is 4.74 Å². The summed E-state index contributed by atoms with van der Waals surface area (Å²) in [5.74, 6) is -0.908. The van der Waals surface area contributed by atoms with E-state index in [1.54, 1.807) is 0 Å². The Kier molecular flexibility index (Phi) is 2.52.